The Balaban J connectivity index is 1.53. The Morgan fingerprint density at radius 2 is 1.85 bits per heavy atom. The number of nitrogens with one attached hydrogen (secondary N) is 2. The molecule has 0 aliphatic carbocycles. The molecule has 0 atom stereocenters. The zero-order valence-electron chi connectivity index (χ0n) is 15.4. The number of methoxy groups -OCH3 is 1. The highest BCUT2D eigenvalue weighted by atomic mass is 16.5. The lowest BCUT2D eigenvalue weighted by Crippen LogP contribution is -2.14. The van der Waals surface area contributed by atoms with Gasteiger partial charge in [0.25, 0.3) is 5.91 Å². The second-order valence-electron chi connectivity index (χ2n) is 6.09. The van der Waals surface area contributed by atoms with Gasteiger partial charge in [-0.3, -0.25) is 4.79 Å². The van der Waals surface area contributed by atoms with E-state index >= 15 is 0 Å². The van der Waals surface area contributed by atoms with Gasteiger partial charge in [-0.25, -0.2) is 9.97 Å². The van der Waals surface area contributed by atoms with Gasteiger partial charge in [0.15, 0.2) is 0 Å². The minimum Gasteiger partial charge on any atom is -0.497 e. The average molecular weight is 362 g/mol. The van der Waals surface area contributed by atoms with E-state index in [2.05, 4.69) is 20.6 Å². The quantitative estimate of drug-likeness (QED) is 0.670. The highest BCUT2D eigenvalue weighted by Crippen LogP contribution is 2.15. The Labute approximate surface area is 158 Å². The zero-order chi connectivity index (χ0) is 19.1. The van der Waals surface area contributed by atoms with Gasteiger partial charge in [-0.2, -0.15) is 0 Å². The predicted octanol–water partition coefficient (Wildman–Crippen LogP) is 3.70. The third-order valence-corrected chi connectivity index (χ3v) is 4.14. The summed E-state index contributed by atoms with van der Waals surface area (Å²) in [6.07, 6.45) is 3.86. The Morgan fingerprint density at radius 3 is 2.59 bits per heavy atom. The van der Waals surface area contributed by atoms with Crippen molar-refractivity contribution in [2.75, 3.05) is 24.3 Å². The summed E-state index contributed by atoms with van der Waals surface area (Å²) in [5.74, 6) is 1.10. The van der Waals surface area contributed by atoms with Gasteiger partial charge in [-0.15, -0.1) is 0 Å². The van der Waals surface area contributed by atoms with E-state index < -0.39 is 0 Å². The number of amides is 1. The van der Waals surface area contributed by atoms with Crippen LogP contribution in [0.3, 0.4) is 0 Å². The second-order valence-corrected chi connectivity index (χ2v) is 6.09. The first-order valence-corrected chi connectivity index (χ1v) is 8.71. The minimum absolute atomic E-state index is 0.229. The molecule has 0 spiro atoms. The van der Waals surface area contributed by atoms with Crippen LogP contribution >= 0.6 is 0 Å². The molecule has 2 aromatic carbocycles. The van der Waals surface area contributed by atoms with Crippen LogP contribution in [0.2, 0.25) is 0 Å². The molecule has 0 radical (unpaired) electrons. The van der Waals surface area contributed by atoms with E-state index in [1.165, 1.54) is 12.4 Å². The molecule has 1 heterocycles. The number of ether oxygens (including phenoxy) is 1. The lowest BCUT2D eigenvalue weighted by atomic mass is 10.1. The van der Waals surface area contributed by atoms with E-state index in [0.29, 0.717) is 18.1 Å². The Hall–Kier alpha value is -3.41. The summed E-state index contributed by atoms with van der Waals surface area (Å²) < 4.78 is 5.22. The van der Waals surface area contributed by atoms with Gasteiger partial charge in [0.1, 0.15) is 5.75 Å². The molecule has 1 amide bonds. The molecular formula is C21H22N4O2. The first kappa shape index (κ1) is 18.4. The molecular weight excluding hydrogens is 340 g/mol. The molecule has 0 saturated carbocycles. The van der Waals surface area contributed by atoms with Crippen LogP contribution in [-0.4, -0.2) is 29.5 Å². The number of carbonyl (C=O) groups excluding carboxylic acids is 1. The van der Waals surface area contributed by atoms with E-state index in [1.54, 1.807) is 7.11 Å². The number of nitrogens with zero attached hydrogens (tertiary/aromatic N) is 2. The lowest BCUT2D eigenvalue weighted by molar-refractivity contribution is 0.102. The molecule has 2 N–H and O–H groups in total. The van der Waals surface area contributed by atoms with E-state index in [9.17, 15) is 4.79 Å². The minimum atomic E-state index is -0.229. The largest absolute Gasteiger partial charge is 0.497 e. The number of carbonyl (C=O) groups is 1. The fourth-order valence-corrected chi connectivity index (χ4v) is 2.59. The summed E-state index contributed by atoms with van der Waals surface area (Å²) >= 11 is 0. The van der Waals surface area contributed by atoms with Crippen molar-refractivity contribution in [3.8, 4) is 5.75 Å². The average Bonchev–Trinajstić information content (AvgIpc) is 2.70. The number of hydrogen-bond acceptors (Lipinski definition) is 5. The maximum Gasteiger partial charge on any atom is 0.258 e. The SMILES string of the molecule is COc1cccc(CCNc2ncc(C(=O)Nc3ccccc3C)cn2)c1. The number of rotatable bonds is 7. The van der Waals surface area contributed by atoms with Gasteiger partial charge in [0.2, 0.25) is 5.95 Å². The third kappa shape index (κ3) is 5.04. The van der Waals surface area contributed by atoms with Crippen LogP contribution in [0, 0.1) is 6.92 Å². The van der Waals surface area contributed by atoms with E-state index in [0.717, 1.165) is 29.0 Å². The molecule has 3 aromatic rings. The first-order valence-electron chi connectivity index (χ1n) is 8.71. The summed E-state index contributed by atoms with van der Waals surface area (Å²) in [4.78, 5) is 20.8. The van der Waals surface area contributed by atoms with Crippen molar-refractivity contribution in [2.45, 2.75) is 13.3 Å². The maximum atomic E-state index is 12.3. The van der Waals surface area contributed by atoms with Gasteiger partial charge < -0.3 is 15.4 Å². The van der Waals surface area contributed by atoms with Crippen molar-refractivity contribution in [3.63, 3.8) is 0 Å². The molecule has 0 aliphatic rings. The summed E-state index contributed by atoms with van der Waals surface area (Å²) in [7, 11) is 1.65. The van der Waals surface area contributed by atoms with Crippen molar-refractivity contribution < 1.29 is 9.53 Å². The van der Waals surface area contributed by atoms with Crippen molar-refractivity contribution in [3.05, 3.63) is 77.6 Å². The van der Waals surface area contributed by atoms with Gasteiger partial charge >= 0.3 is 0 Å². The van der Waals surface area contributed by atoms with Crippen LogP contribution in [0.25, 0.3) is 0 Å². The van der Waals surface area contributed by atoms with Gasteiger partial charge in [0, 0.05) is 24.6 Å². The molecule has 0 bridgehead atoms. The van der Waals surface area contributed by atoms with Gasteiger partial charge in [-0.1, -0.05) is 30.3 Å². The molecule has 1 aromatic heterocycles. The lowest BCUT2D eigenvalue weighted by Gasteiger charge is -2.09. The van der Waals surface area contributed by atoms with Crippen molar-refractivity contribution >= 4 is 17.5 Å². The highest BCUT2D eigenvalue weighted by molar-refractivity contribution is 6.04. The molecule has 6 heteroatoms. The van der Waals surface area contributed by atoms with Gasteiger partial charge in [-0.05, 0) is 42.7 Å². The monoisotopic (exact) mass is 362 g/mol. The Morgan fingerprint density at radius 1 is 1.07 bits per heavy atom. The van der Waals surface area contributed by atoms with Crippen LogP contribution < -0.4 is 15.4 Å². The predicted molar refractivity (Wildman–Crippen MR) is 106 cm³/mol. The molecule has 6 nitrogen and oxygen atoms in total. The van der Waals surface area contributed by atoms with Crippen LogP contribution in [0.1, 0.15) is 21.5 Å². The molecule has 27 heavy (non-hydrogen) atoms. The topological polar surface area (TPSA) is 76.1 Å². The zero-order valence-corrected chi connectivity index (χ0v) is 15.4. The van der Waals surface area contributed by atoms with E-state index in [1.807, 2.05) is 55.5 Å². The first-order chi connectivity index (χ1) is 13.2. The number of anilines is 2. The molecule has 0 aliphatic heterocycles. The van der Waals surface area contributed by atoms with Gasteiger partial charge in [0.05, 0.1) is 12.7 Å². The summed E-state index contributed by atoms with van der Waals surface area (Å²) in [5, 5.41) is 6.03. The van der Waals surface area contributed by atoms with E-state index in [-0.39, 0.29) is 5.91 Å². The summed E-state index contributed by atoms with van der Waals surface area (Å²) in [6, 6.07) is 15.6. The normalized spacial score (nSPS) is 10.3. The van der Waals surface area contributed by atoms with Crippen molar-refractivity contribution in [2.24, 2.45) is 0 Å². The number of aryl methyl sites for hydroxylation is 1. The smallest absolute Gasteiger partial charge is 0.258 e. The van der Waals surface area contributed by atoms with Crippen LogP contribution in [0.5, 0.6) is 5.75 Å². The number of aromatic nitrogens is 2. The van der Waals surface area contributed by atoms with Crippen molar-refractivity contribution in [1.29, 1.82) is 0 Å². The summed E-state index contributed by atoms with van der Waals surface area (Å²) in [5.41, 5.74) is 3.36. The fraction of sp³-hybridized carbons (Fsp3) is 0.190. The maximum absolute atomic E-state index is 12.3. The fourth-order valence-electron chi connectivity index (χ4n) is 2.59. The molecule has 138 valence electrons. The molecule has 3 rings (SSSR count). The second kappa shape index (κ2) is 8.80. The third-order valence-electron chi connectivity index (χ3n) is 4.14. The van der Waals surface area contributed by atoms with E-state index in [4.69, 9.17) is 4.74 Å². The Kier molecular flexibility index (Phi) is 5.99. The number of para-hydroxylation sites is 1. The molecule has 0 fully saturated rings. The Bertz CT molecular complexity index is 910. The number of hydrogen-bond donors (Lipinski definition) is 2. The van der Waals surface area contributed by atoms with Crippen LogP contribution in [-0.2, 0) is 6.42 Å². The van der Waals surface area contributed by atoms with Crippen LogP contribution in [0.4, 0.5) is 11.6 Å². The van der Waals surface area contributed by atoms with Crippen molar-refractivity contribution in [1.82, 2.24) is 9.97 Å². The molecule has 0 unspecified atom stereocenters. The van der Waals surface area contributed by atoms with Crippen LogP contribution in [0.15, 0.2) is 60.9 Å². The number of benzene rings is 2. The standard InChI is InChI=1S/C21H22N4O2/c1-15-6-3-4-9-19(15)25-20(26)17-13-23-21(24-14-17)22-11-10-16-7-5-8-18(12-16)27-2/h3-9,12-14H,10-11H2,1-2H3,(H,25,26)(H,22,23,24). The highest BCUT2D eigenvalue weighted by Gasteiger charge is 2.09. The molecule has 0 saturated heterocycles. The summed E-state index contributed by atoms with van der Waals surface area (Å²) in [6.45, 7) is 2.63.